The Bertz CT molecular complexity index is 325. The number of carboxylic acid groups (broad SMARTS) is 1. The third kappa shape index (κ3) is 5.26. The van der Waals surface area contributed by atoms with Gasteiger partial charge in [-0.05, 0) is 84.3 Å². The number of nitrogens with one attached hydrogen (secondary N) is 1. The lowest BCUT2D eigenvalue weighted by Gasteiger charge is -2.28. The predicted octanol–water partition coefficient (Wildman–Crippen LogP) is 2.73. The molecule has 2 N–H and O–H groups in total. The largest absolute Gasteiger partial charge is 0.481 e. The van der Waals surface area contributed by atoms with E-state index in [4.69, 9.17) is 5.11 Å². The monoisotopic (exact) mass is 296 g/mol. The van der Waals surface area contributed by atoms with Gasteiger partial charge in [-0.15, -0.1) is 0 Å². The van der Waals surface area contributed by atoms with E-state index in [1.54, 1.807) is 0 Å². The zero-order valence-electron chi connectivity index (χ0n) is 13.7. The van der Waals surface area contributed by atoms with Crippen molar-refractivity contribution in [1.29, 1.82) is 0 Å². The van der Waals surface area contributed by atoms with Crippen molar-refractivity contribution in [2.24, 2.45) is 11.8 Å². The van der Waals surface area contributed by atoms with Crippen molar-refractivity contribution in [3.05, 3.63) is 0 Å². The van der Waals surface area contributed by atoms with Crippen molar-refractivity contribution >= 4 is 5.97 Å². The van der Waals surface area contributed by atoms with Crippen LogP contribution in [-0.2, 0) is 4.79 Å². The molecule has 0 amide bonds. The van der Waals surface area contributed by atoms with E-state index in [1.165, 1.54) is 32.4 Å². The van der Waals surface area contributed by atoms with Gasteiger partial charge in [0.15, 0.2) is 0 Å². The van der Waals surface area contributed by atoms with Crippen LogP contribution < -0.4 is 5.32 Å². The first-order valence-electron chi connectivity index (χ1n) is 8.76. The van der Waals surface area contributed by atoms with Crippen LogP contribution in [0, 0.1) is 11.8 Å². The summed E-state index contributed by atoms with van der Waals surface area (Å²) in [7, 11) is 0. The molecule has 1 aliphatic heterocycles. The van der Waals surface area contributed by atoms with Gasteiger partial charge in [0.05, 0.1) is 5.92 Å². The second-order valence-electron chi connectivity index (χ2n) is 7.22. The Labute approximate surface area is 129 Å². The standard InChI is InChI=1S/C17H32N2O2/c1-13(2)19-10-3-4-16(9-11-19)18-12-14-5-7-15(8-6-14)17(20)21/h13-16,18H,3-12H2,1-2H3,(H,20,21). The van der Waals surface area contributed by atoms with Gasteiger partial charge in [0.2, 0.25) is 0 Å². The molecular formula is C17H32N2O2. The van der Waals surface area contributed by atoms with E-state index in [1.807, 2.05) is 0 Å². The number of hydrogen-bond donors (Lipinski definition) is 2. The second-order valence-corrected chi connectivity index (χ2v) is 7.22. The van der Waals surface area contributed by atoms with Crippen LogP contribution in [0.5, 0.6) is 0 Å². The Morgan fingerprint density at radius 3 is 2.48 bits per heavy atom. The lowest BCUT2D eigenvalue weighted by Crippen LogP contribution is -2.37. The molecule has 0 aromatic carbocycles. The number of nitrogens with zero attached hydrogens (tertiary/aromatic N) is 1. The van der Waals surface area contributed by atoms with Crippen LogP contribution >= 0.6 is 0 Å². The molecule has 2 fully saturated rings. The Kier molecular flexibility index (Phi) is 6.49. The van der Waals surface area contributed by atoms with Gasteiger partial charge in [-0.2, -0.15) is 0 Å². The summed E-state index contributed by atoms with van der Waals surface area (Å²) >= 11 is 0. The van der Waals surface area contributed by atoms with E-state index >= 15 is 0 Å². The van der Waals surface area contributed by atoms with E-state index in [2.05, 4.69) is 24.1 Å². The first kappa shape index (κ1) is 16.8. The van der Waals surface area contributed by atoms with Crippen LogP contribution in [0.4, 0.5) is 0 Å². The van der Waals surface area contributed by atoms with Crippen molar-refractivity contribution in [1.82, 2.24) is 10.2 Å². The van der Waals surface area contributed by atoms with Crippen molar-refractivity contribution in [3.63, 3.8) is 0 Å². The minimum Gasteiger partial charge on any atom is -0.481 e. The minimum absolute atomic E-state index is 0.0845. The number of rotatable bonds is 5. The zero-order chi connectivity index (χ0) is 15.2. The highest BCUT2D eigenvalue weighted by atomic mass is 16.4. The van der Waals surface area contributed by atoms with E-state index in [-0.39, 0.29) is 5.92 Å². The third-order valence-electron chi connectivity index (χ3n) is 5.38. The molecule has 1 saturated heterocycles. The first-order valence-corrected chi connectivity index (χ1v) is 8.76. The second kappa shape index (κ2) is 8.14. The highest BCUT2D eigenvalue weighted by Crippen LogP contribution is 2.28. The molecule has 1 saturated carbocycles. The summed E-state index contributed by atoms with van der Waals surface area (Å²) in [5.41, 5.74) is 0. The molecule has 0 aromatic heterocycles. The fraction of sp³-hybridized carbons (Fsp3) is 0.941. The summed E-state index contributed by atoms with van der Waals surface area (Å²) in [6.07, 6.45) is 7.72. The highest BCUT2D eigenvalue weighted by Gasteiger charge is 2.26. The lowest BCUT2D eigenvalue weighted by molar-refractivity contribution is -0.143. The zero-order valence-corrected chi connectivity index (χ0v) is 13.7. The summed E-state index contributed by atoms with van der Waals surface area (Å²) in [4.78, 5) is 13.6. The molecule has 0 bridgehead atoms. The summed E-state index contributed by atoms with van der Waals surface area (Å²) in [5, 5.41) is 12.8. The third-order valence-corrected chi connectivity index (χ3v) is 5.38. The molecule has 4 heteroatoms. The molecule has 1 heterocycles. The molecule has 0 spiro atoms. The van der Waals surface area contributed by atoms with Crippen molar-refractivity contribution in [3.8, 4) is 0 Å². The Morgan fingerprint density at radius 1 is 1.14 bits per heavy atom. The number of carbonyl (C=O) groups is 1. The maximum atomic E-state index is 11.0. The fourth-order valence-electron chi connectivity index (χ4n) is 3.79. The van der Waals surface area contributed by atoms with Gasteiger partial charge in [0.1, 0.15) is 0 Å². The average Bonchev–Trinajstić information content (AvgIpc) is 2.71. The topological polar surface area (TPSA) is 52.6 Å². The highest BCUT2D eigenvalue weighted by molar-refractivity contribution is 5.69. The molecule has 1 unspecified atom stereocenters. The Balaban J connectivity index is 1.66. The number of carboxylic acids is 1. The quantitative estimate of drug-likeness (QED) is 0.819. The average molecular weight is 296 g/mol. The van der Waals surface area contributed by atoms with Crippen molar-refractivity contribution in [2.75, 3.05) is 19.6 Å². The van der Waals surface area contributed by atoms with E-state index in [0.717, 1.165) is 32.2 Å². The van der Waals surface area contributed by atoms with E-state index in [9.17, 15) is 4.79 Å². The number of likely N-dealkylation sites (tertiary alicyclic amines) is 1. The van der Waals surface area contributed by atoms with Crippen LogP contribution in [0.15, 0.2) is 0 Å². The van der Waals surface area contributed by atoms with Crippen LogP contribution in [0.3, 0.4) is 0 Å². The molecular weight excluding hydrogens is 264 g/mol. The SMILES string of the molecule is CC(C)N1CCCC(NCC2CCC(C(=O)O)CC2)CC1. The maximum Gasteiger partial charge on any atom is 0.306 e. The van der Waals surface area contributed by atoms with Gasteiger partial charge in [0.25, 0.3) is 0 Å². The van der Waals surface area contributed by atoms with Gasteiger partial charge in [-0.25, -0.2) is 0 Å². The number of aliphatic carboxylic acids is 1. The van der Waals surface area contributed by atoms with Gasteiger partial charge >= 0.3 is 5.97 Å². The van der Waals surface area contributed by atoms with Gasteiger partial charge in [-0.3, -0.25) is 4.79 Å². The smallest absolute Gasteiger partial charge is 0.306 e. The normalized spacial score (nSPS) is 32.0. The summed E-state index contributed by atoms with van der Waals surface area (Å²) in [6, 6.07) is 1.32. The van der Waals surface area contributed by atoms with Crippen LogP contribution in [0.25, 0.3) is 0 Å². The van der Waals surface area contributed by atoms with Crippen molar-refractivity contribution in [2.45, 2.75) is 70.9 Å². The Morgan fingerprint density at radius 2 is 1.86 bits per heavy atom. The molecule has 2 aliphatic rings. The summed E-state index contributed by atoms with van der Waals surface area (Å²) < 4.78 is 0. The molecule has 21 heavy (non-hydrogen) atoms. The molecule has 0 aromatic rings. The molecule has 122 valence electrons. The molecule has 4 nitrogen and oxygen atoms in total. The van der Waals surface area contributed by atoms with E-state index < -0.39 is 5.97 Å². The van der Waals surface area contributed by atoms with Crippen molar-refractivity contribution < 1.29 is 9.90 Å². The Hall–Kier alpha value is -0.610. The minimum atomic E-state index is -0.598. The van der Waals surface area contributed by atoms with Gasteiger partial charge in [-0.1, -0.05) is 0 Å². The molecule has 2 rings (SSSR count). The van der Waals surface area contributed by atoms with Gasteiger partial charge < -0.3 is 15.3 Å². The maximum absolute atomic E-state index is 11.0. The summed E-state index contributed by atoms with van der Waals surface area (Å²) in [6.45, 7) is 8.10. The molecule has 0 radical (unpaired) electrons. The number of hydrogen-bond acceptors (Lipinski definition) is 3. The van der Waals surface area contributed by atoms with Crippen LogP contribution in [0.1, 0.15) is 58.8 Å². The van der Waals surface area contributed by atoms with E-state index in [0.29, 0.717) is 18.0 Å². The molecule has 1 atom stereocenters. The molecule has 1 aliphatic carbocycles. The summed E-state index contributed by atoms with van der Waals surface area (Å²) in [5.74, 6) is 0.00254. The predicted molar refractivity (Wildman–Crippen MR) is 85.4 cm³/mol. The van der Waals surface area contributed by atoms with Crippen LogP contribution in [0.2, 0.25) is 0 Å². The lowest BCUT2D eigenvalue weighted by atomic mass is 9.82. The van der Waals surface area contributed by atoms with Gasteiger partial charge in [0, 0.05) is 12.1 Å². The first-order chi connectivity index (χ1) is 10.1. The van der Waals surface area contributed by atoms with Crippen LogP contribution in [-0.4, -0.2) is 47.7 Å². The fourth-order valence-corrected chi connectivity index (χ4v) is 3.79.